The molecule has 6 heteroatoms. The molecule has 1 aromatic heterocycles. The third-order valence-corrected chi connectivity index (χ3v) is 2.64. The Morgan fingerprint density at radius 3 is 2.93 bits per heavy atom. The monoisotopic (exact) mass is 247 g/mol. The first kappa shape index (κ1) is 12.4. The van der Waals surface area contributed by atoms with E-state index in [1.807, 2.05) is 0 Å². The average Bonchev–Trinajstić information content (AvgIpc) is 2.65. The van der Waals surface area contributed by atoms with E-state index in [1.54, 1.807) is 5.38 Å². The predicted octanol–water partition coefficient (Wildman–Crippen LogP) is 1.92. The van der Waals surface area contributed by atoms with Crippen LogP contribution in [-0.4, -0.2) is 27.4 Å². The predicted molar refractivity (Wildman–Crippen MR) is 61.3 cm³/mol. The van der Waals surface area contributed by atoms with E-state index in [1.165, 1.54) is 0 Å². The molecule has 1 N–H and O–H groups in total. The Hall–Kier alpha value is -0.680. The number of aromatic nitrogens is 2. The van der Waals surface area contributed by atoms with Crippen molar-refractivity contribution in [2.75, 3.05) is 6.54 Å². The van der Waals surface area contributed by atoms with Gasteiger partial charge in [0.1, 0.15) is 0 Å². The molecule has 4 nitrogen and oxygen atoms in total. The number of carbonyl (C=O) groups excluding carboxylic acids is 1. The fourth-order valence-electron chi connectivity index (χ4n) is 1.15. The minimum Gasteiger partial charge on any atom is -0.349 e. The van der Waals surface area contributed by atoms with E-state index in [0.717, 1.165) is 18.0 Å². The van der Waals surface area contributed by atoms with Gasteiger partial charge in [0.2, 0.25) is 0 Å². The first-order chi connectivity index (χ1) is 7.09. The highest BCUT2D eigenvalue weighted by Gasteiger charge is 2.12. The van der Waals surface area contributed by atoms with Crippen LogP contribution >= 0.6 is 23.1 Å². The van der Waals surface area contributed by atoms with Crippen LogP contribution in [0.15, 0.2) is 5.38 Å². The summed E-state index contributed by atoms with van der Waals surface area (Å²) >= 11 is 7.19. The molecule has 1 unspecified atom stereocenters. The lowest BCUT2D eigenvalue weighted by atomic mass is 10.1. The van der Waals surface area contributed by atoms with Crippen molar-refractivity contribution < 1.29 is 4.79 Å². The second-order valence-electron chi connectivity index (χ2n) is 3.73. The van der Waals surface area contributed by atoms with E-state index in [0.29, 0.717) is 18.2 Å². The number of rotatable bonds is 5. The summed E-state index contributed by atoms with van der Waals surface area (Å²) in [7, 11) is 0. The Balaban J connectivity index is 2.28. The molecule has 0 fully saturated rings. The number of hydrogen-bond donors (Lipinski definition) is 1. The molecule has 0 saturated heterocycles. The minimum atomic E-state index is -0.210. The van der Waals surface area contributed by atoms with Crippen LogP contribution in [0.25, 0.3) is 0 Å². The van der Waals surface area contributed by atoms with Crippen LogP contribution in [0.3, 0.4) is 0 Å². The van der Waals surface area contributed by atoms with E-state index in [9.17, 15) is 4.79 Å². The molecule has 15 heavy (non-hydrogen) atoms. The Labute approximate surface area is 98.2 Å². The highest BCUT2D eigenvalue weighted by Crippen LogP contribution is 2.09. The third-order valence-electron chi connectivity index (χ3n) is 1.80. The molecule has 0 spiro atoms. The van der Waals surface area contributed by atoms with Gasteiger partial charge in [0.15, 0.2) is 5.69 Å². The van der Waals surface area contributed by atoms with E-state index in [2.05, 4.69) is 28.8 Å². The van der Waals surface area contributed by atoms with Crippen molar-refractivity contribution in [2.45, 2.75) is 25.6 Å². The van der Waals surface area contributed by atoms with Crippen molar-refractivity contribution in [1.29, 1.82) is 0 Å². The quantitative estimate of drug-likeness (QED) is 0.809. The zero-order valence-electron chi connectivity index (χ0n) is 8.74. The van der Waals surface area contributed by atoms with Crippen LogP contribution in [0, 0.1) is 5.92 Å². The normalized spacial score (nSPS) is 12.8. The van der Waals surface area contributed by atoms with Crippen LogP contribution in [0.2, 0.25) is 0 Å². The van der Waals surface area contributed by atoms with Gasteiger partial charge in [0.25, 0.3) is 5.91 Å². The SMILES string of the molecule is CC(C)CC(Cl)CNC(=O)c1csnn1. The molecule has 1 aromatic rings. The van der Waals surface area contributed by atoms with Gasteiger partial charge in [-0.25, -0.2) is 0 Å². The highest BCUT2D eigenvalue weighted by molar-refractivity contribution is 7.03. The molecule has 0 radical (unpaired) electrons. The molecule has 0 aromatic carbocycles. The fraction of sp³-hybridized carbons (Fsp3) is 0.667. The molecule has 1 heterocycles. The topological polar surface area (TPSA) is 54.9 Å². The number of nitrogens with one attached hydrogen (secondary N) is 1. The molecule has 1 amide bonds. The summed E-state index contributed by atoms with van der Waals surface area (Å²) in [4.78, 5) is 11.4. The summed E-state index contributed by atoms with van der Waals surface area (Å²) in [6.07, 6.45) is 0.886. The molecule has 84 valence electrons. The van der Waals surface area contributed by atoms with Crippen LogP contribution in [0.1, 0.15) is 30.8 Å². The van der Waals surface area contributed by atoms with E-state index >= 15 is 0 Å². The summed E-state index contributed by atoms with van der Waals surface area (Å²) in [6, 6.07) is 0. The van der Waals surface area contributed by atoms with Gasteiger partial charge < -0.3 is 5.32 Å². The maximum Gasteiger partial charge on any atom is 0.272 e. The number of hydrogen-bond acceptors (Lipinski definition) is 4. The van der Waals surface area contributed by atoms with Crippen LogP contribution in [0.5, 0.6) is 0 Å². The van der Waals surface area contributed by atoms with Gasteiger partial charge in [-0.3, -0.25) is 4.79 Å². The Kier molecular flexibility index (Phi) is 4.98. The lowest BCUT2D eigenvalue weighted by Crippen LogP contribution is -2.30. The van der Waals surface area contributed by atoms with E-state index in [-0.39, 0.29) is 11.3 Å². The zero-order valence-corrected chi connectivity index (χ0v) is 10.3. The smallest absolute Gasteiger partial charge is 0.272 e. The van der Waals surface area contributed by atoms with Crippen molar-refractivity contribution in [3.05, 3.63) is 11.1 Å². The third kappa shape index (κ3) is 4.57. The van der Waals surface area contributed by atoms with Gasteiger partial charge in [0, 0.05) is 11.9 Å². The van der Waals surface area contributed by atoms with Gasteiger partial charge in [-0.2, -0.15) is 0 Å². The molecule has 0 aliphatic heterocycles. The largest absolute Gasteiger partial charge is 0.349 e. The number of nitrogens with zero attached hydrogens (tertiary/aromatic N) is 2. The lowest BCUT2D eigenvalue weighted by molar-refractivity contribution is 0.0948. The first-order valence-electron chi connectivity index (χ1n) is 4.79. The number of halogens is 1. The maximum atomic E-state index is 11.4. The molecule has 0 saturated carbocycles. The Morgan fingerprint density at radius 2 is 2.40 bits per heavy atom. The van der Waals surface area contributed by atoms with E-state index in [4.69, 9.17) is 11.6 Å². The lowest BCUT2D eigenvalue weighted by Gasteiger charge is -2.11. The summed E-state index contributed by atoms with van der Waals surface area (Å²) in [5.74, 6) is 0.323. The molecule has 1 rings (SSSR count). The molecule has 0 aliphatic rings. The zero-order chi connectivity index (χ0) is 11.3. The second-order valence-corrected chi connectivity index (χ2v) is 4.95. The average molecular weight is 248 g/mol. The maximum absolute atomic E-state index is 11.4. The molecule has 1 atom stereocenters. The van der Waals surface area contributed by atoms with Gasteiger partial charge in [-0.05, 0) is 23.9 Å². The van der Waals surface area contributed by atoms with Crippen molar-refractivity contribution in [1.82, 2.24) is 14.9 Å². The van der Waals surface area contributed by atoms with E-state index < -0.39 is 0 Å². The van der Waals surface area contributed by atoms with Crippen LogP contribution in [-0.2, 0) is 0 Å². The Bertz CT molecular complexity index is 302. The number of amides is 1. The van der Waals surface area contributed by atoms with Crippen molar-refractivity contribution in [3.8, 4) is 0 Å². The van der Waals surface area contributed by atoms with Crippen molar-refractivity contribution in [3.63, 3.8) is 0 Å². The summed E-state index contributed by atoms with van der Waals surface area (Å²) in [5.41, 5.74) is 0.355. The first-order valence-corrected chi connectivity index (χ1v) is 6.06. The second kappa shape index (κ2) is 6.02. The van der Waals surface area contributed by atoms with Gasteiger partial charge in [-0.15, -0.1) is 16.7 Å². The van der Waals surface area contributed by atoms with Crippen molar-refractivity contribution in [2.24, 2.45) is 5.92 Å². The molecular weight excluding hydrogens is 234 g/mol. The standard InChI is InChI=1S/C9H14ClN3OS/c1-6(2)3-7(10)4-11-9(14)8-5-15-13-12-8/h5-7H,3-4H2,1-2H3,(H,11,14). The van der Waals surface area contributed by atoms with Gasteiger partial charge in [0.05, 0.1) is 5.38 Å². The summed E-state index contributed by atoms with van der Waals surface area (Å²) in [5, 5.41) is 7.98. The highest BCUT2D eigenvalue weighted by atomic mass is 35.5. The molecule has 0 aliphatic carbocycles. The molecule has 0 bridgehead atoms. The van der Waals surface area contributed by atoms with Crippen LogP contribution < -0.4 is 5.32 Å². The van der Waals surface area contributed by atoms with Gasteiger partial charge >= 0.3 is 0 Å². The molecular formula is C9H14ClN3OS. The van der Waals surface area contributed by atoms with Crippen molar-refractivity contribution >= 4 is 29.0 Å². The number of carbonyl (C=O) groups is 1. The minimum absolute atomic E-state index is 0.0273. The summed E-state index contributed by atoms with van der Waals surface area (Å²) in [6.45, 7) is 4.67. The van der Waals surface area contributed by atoms with Crippen LogP contribution in [0.4, 0.5) is 0 Å². The Morgan fingerprint density at radius 1 is 1.67 bits per heavy atom. The number of alkyl halides is 1. The fourth-order valence-corrected chi connectivity index (χ4v) is 2.02. The summed E-state index contributed by atoms with van der Waals surface area (Å²) < 4.78 is 3.62. The van der Waals surface area contributed by atoms with Gasteiger partial charge in [-0.1, -0.05) is 18.3 Å².